The first-order valence-electron chi connectivity index (χ1n) is 8.86. The van der Waals surface area contributed by atoms with Gasteiger partial charge in [0.15, 0.2) is 0 Å². The van der Waals surface area contributed by atoms with Gasteiger partial charge in [0.1, 0.15) is 0 Å². The van der Waals surface area contributed by atoms with Gasteiger partial charge in [-0.2, -0.15) is 4.98 Å². The van der Waals surface area contributed by atoms with E-state index in [1.165, 1.54) is 6.42 Å². The second kappa shape index (κ2) is 8.09. The van der Waals surface area contributed by atoms with Crippen molar-refractivity contribution in [1.82, 2.24) is 20.4 Å². The third-order valence-corrected chi connectivity index (χ3v) is 4.22. The minimum atomic E-state index is -0.00481. The minimum absolute atomic E-state index is 0.00481. The summed E-state index contributed by atoms with van der Waals surface area (Å²) in [5.41, 5.74) is 0.671. The molecule has 1 fully saturated rings. The summed E-state index contributed by atoms with van der Waals surface area (Å²) in [6, 6.07) is 3.63. The van der Waals surface area contributed by atoms with Crippen LogP contribution in [0.2, 0.25) is 0 Å². The Morgan fingerprint density at radius 3 is 2.92 bits per heavy atom. The first-order chi connectivity index (χ1) is 12.1. The van der Waals surface area contributed by atoms with E-state index in [0.29, 0.717) is 23.2 Å². The molecule has 0 saturated heterocycles. The lowest BCUT2D eigenvalue weighted by molar-refractivity contribution is -0.126. The molecule has 7 nitrogen and oxygen atoms in total. The number of nitrogens with zero attached hydrogens (tertiary/aromatic N) is 3. The van der Waals surface area contributed by atoms with E-state index in [9.17, 15) is 4.79 Å². The first kappa shape index (κ1) is 17.4. The first-order valence-corrected chi connectivity index (χ1v) is 8.86. The number of aromatic nitrogens is 3. The average Bonchev–Trinajstić information content (AvgIpc) is 3.09. The summed E-state index contributed by atoms with van der Waals surface area (Å²) in [6.07, 6.45) is 7.06. The van der Waals surface area contributed by atoms with Crippen LogP contribution < -0.4 is 10.1 Å². The second-order valence-corrected chi connectivity index (χ2v) is 6.59. The molecule has 0 aliphatic heterocycles. The van der Waals surface area contributed by atoms with E-state index < -0.39 is 0 Å². The number of hydrogen-bond acceptors (Lipinski definition) is 6. The Kier molecular flexibility index (Phi) is 5.63. The molecule has 134 valence electrons. The molecule has 2 aromatic rings. The smallest absolute Gasteiger partial charge is 0.246 e. The zero-order chi connectivity index (χ0) is 17.6. The topological polar surface area (TPSA) is 90.1 Å². The maximum absolute atomic E-state index is 12.2. The molecule has 3 rings (SSSR count). The minimum Gasteiger partial charge on any atom is -0.474 e. The Balaban J connectivity index is 1.63. The molecule has 2 aromatic heterocycles. The lowest BCUT2D eigenvalue weighted by Gasteiger charge is -2.20. The number of amides is 1. The largest absolute Gasteiger partial charge is 0.474 e. The highest BCUT2D eigenvalue weighted by Gasteiger charge is 2.21. The number of carbonyl (C=O) groups is 1. The van der Waals surface area contributed by atoms with Crippen molar-refractivity contribution < 1.29 is 14.1 Å². The molecule has 1 aliphatic rings. The Labute approximate surface area is 147 Å². The van der Waals surface area contributed by atoms with Gasteiger partial charge in [0.25, 0.3) is 0 Å². The molecule has 2 heterocycles. The summed E-state index contributed by atoms with van der Waals surface area (Å²) in [5.74, 6) is 1.44. The maximum atomic E-state index is 12.2. The van der Waals surface area contributed by atoms with E-state index in [0.717, 1.165) is 25.7 Å². The van der Waals surface area contributed by atoms with Crippen LogP contribution in [0.15, 0.2) is 22.9 Å². The molecule has 0 unspecified atom stereocenters. The summed E-state index contributed by atoms with van der Waals surface area (Å²) in [4.78, 5) is 20.8. The summed E-state index contributed by atoms with van der Waals surface area (Å²) in [7, 11) is 0. The van der Waals surface area contributed by atoms with Crippen molar-refractivity contribution in [3.05, 3.63) is 24.2 Å². The maximum Gasteiger partial charge on any atom is 0.246 e. The van der Waals surface area contributed by atoms with E-state index in [1.807, 2.05) is 19.9 Å². The van der Waals surface area contributed by atoms with Crippen LogP contribution in [0.4, 0.5) is 0 Å². The summed E-state index contributed by atoms with van der Waals surface area (Å²) in [5, 5.41) is 6.89. The lowest BCUT2D eigenvalue weighted by Crippen LogP contribution is -2.31. The van der Waals surface area contributed by atoms with Crippen molar-refractivity contribution in [2.45, 2.75) is 58.6 Å². The van der Waals surface area contributed by atoms with Gasteiger partial charge in [-0.3, -0.25) is 4.79 Å². The van der Waals surface area contributed by atoms with E-state index >= 15 is 0 Å². The fourth-order valence-electron chi connectivity index (χ4n) is 2.99. The van der Waals surface area contributed by atoms with E-state index in [2.05, 4.69) is 20.4 Å². The van der Waals surface area contributed by atoms with Gasteiger partial charge in [-0.15, -0.1) is 0 Å². The zero-order valence-electron chi connectivity index (χ0n) is 14.7. The van der Waals surface area contributed by atoms with Gasteiger partial charge in [0, 0.05) is 12.1 Å². The fraction of sp³-hybridized carbons (Fsp3) is 0.556. The molecule has 1 N–H and O–H groups in total. The van der Waals surface area contributed by atoms with Crippen LogP contribution in [-0.2, 0) is 11.3 Å². The number of hydrogen-bond donors (Lipinski definition) is 1. The highest BCUT2D eigenvalue weighted by Crippen LogP contribution is 2.26. The van der Waals surface area contributed by atoms with E-state index in [-0.39, 0.29) is 24.5 Å². The fourth-order valence-corrected chi connectivity index (χ4v) is 2.99. The summed E-state index contributed by atoms with van der Waals surface area (Å²) in [6.45, 7) is 4.10. The highest BCUT2D eigenvalue weighted by molar-refractivity contribution is 5.78. The molecule has 1 saturated carbocycles. The molecule has 0 atom stereocenters. The third-order valence-electron chi connectivity index (χ3n) is 4.22. The van der Waals surface area contributed by atoms with Gasteiger partial charge in [-0.25, -0.2) is 4.98 Å². The normalized spacial score (nSPS) is 15.3. The van der Waals surface area contributed by atoms with Crippen LogP contribution >= 0.6 is 0 Å². The lowest BCUT2D eigenvalue weighted by atomic mass is 9.89. The van der Waals surface area contributed by atoms with E-state index in [1.54, 1.807) is 12.3 Å². The molecule has 7 heteroatoms. The van der Waals surface area contributed by atoms with Crippen molar-refractivity contribution >= 4 is 5.91 Å². The Morgan fingerprint density at radius 2 is 2.16 bits per heavy atom. The molecule has 1 amide bonds. The van der Waals surface area contributed by atoms with Gasteiger partial charge in [0.2, 0.25) is 23.5 Å². The molecule has 25 heavy (non-hydrogen) atoms. The van der Waals surface area contributed by atoms with Gasteiger partial charge in [0.05, 0.1) is 18.2 Å². The van der Waals surface area contributed by atoms with Crippen LogP contribution in [0, 0.1) is 5.92 Å². The summed E-state index contributed by atoms with van der Waals surface area (Å²) < 4.78 is 10.9. The molecule has 1 aliphatic carbocycles. The Bertz CT molecular complexity index is 708. The second-order valence-electron chi connectivity index (χ2n) is 6.59. The number of carbonyl (C=O) groups excluding carboxylic acids is 1. The SMILES string of the molecule is CC(C)Oc1ncccc1-c1noc(CNC(=O)C2CCCCC2)n1. The third kappa shape index (κ3) is 4.55. The monoisotopic (exact) mass is 344 g/mol. The Hall–Kier alpha value is -2.44. The van der Waals surface area contributed by atoms with Crippen molar-refractivity contribution in [2.75, 3.05) is 0 Å². The molecular formula is C18H24N4O3. The van der Waals surface area contributed by atoms with E-state index in [4.69, 9.17) is 9.26 Å². The standard InChI is InChI=1S/C18H24N4O3/c1-12(2)24-18-14(9-6-10-19-18)16-21-15(25-22-16)11-20-17(23)13-7-4-3-5-8-13/h6,9-10,12-13H,3-5,7-8,11H2,1-2H3,(H,20,23). The molecular weight excluding hydrogens is 320 g/mol. The van der Waals surface area contributed by atoms with Crippen molar-refractivity contribution in [3.63, 3.8) is 0 Å². The van der Waals surface area contributed by atoms with Crippen LogP contribution in [0.5, 0.6) is 5.88 Å². The van der Waals surface area contributed by atoms with Crippen LogP contribution in [0.25, 0.3) is 11.4 Å². The van der Waals surface area contributed by atoms with Crippen molar-refractivity contribution in [2.24, 2.45) is 5.92 Å². The van der Waals surface area contributed by atoms with Crippen LogP contribution in [0.1, 0.15) is 51.8 Å². The molecule has 0 bridgehead atoms. The molecule has 0 radical (unpaired) electrons. The van der Waals surface area contributed by atoms with Crippen molar-refractivity contribution in [3.8, 4) is 17.3 Å². The number of ether oxygens (including phenoxy) is 1. The predicted octanol–water partition coefficient (Wildman–Crippen LogP) is 3.12. The van der Waals surface area contributed by atoms with Gasteiger partial charge < -0.3 is 14.6 Å². The number of rotatable bonds is 6. The highest BCUT2D eigenvalue weighted by atomic mass is 16.5. The molecule has 0 aromatic carbocycles. The summed E-state index contributed by atoms with van der Waals surface area (Å²) >= 11 is 0. The van der Waals surface area contributed by atoms with Gasteiger partial charge >= 0.3 is 0 Å². The van der Waals surface area contributed by atoms with Gasteiger partial charge in [-0.05, 0) is 38.8 Å². The van der Waals surface area contributed by atoms with Crippen molar-refractivity contribution in [1.29, 1.82) is 0 Å². The van der Waals surface area contributed by atoms with Crippen LogP contribution in [0.3, 0.4) is 0 Å². The average molecular weight is 344 g/mol. The van der Waals surface area contributed by atoms with Crippen LogP contribution in [-0.4, -0.2) is 27.1 Å². The molecule has 0 spiro atoms. The number of nitrogens with one attached hydrogen (secondary N) is 1. The number of pyridine rings is 1. The van der Waals surface area contributed by atoms with Gasteiger partial charge in [-0.1, -0.05) is 24.4 Å². The predicted molar refractivity (Wildman–Crippen MR) is 91.7 cm³/mol. The zero-order valence-corrected chi connectivity index (χ0v) is 14.7. The Morgan fingerprint density at radius 1 is 1.36 bits per heavy atom. The quantitative estimate of drug-likeness (QED) is 0.866.